The molecule has 0 aliphatic rings. The number of nitrogens with two attached hydrogens (primary N) is 1. The minimum Gasteiger partial charge on any atom is -0.330 e. The summed E-state index contributed by atoms with van der Waals surface area (Å²) in [7, 11) is 0. The summed E-state index contributed by atoms with van der Waals surface area (Å²) >= 11 is 0. The van der Waals surface area contributed by atoms with Gasteiger partial charge in [-0.15, -0.1) is 5.10 Å². The molecule has 2 N–H and O–H groups in total. The number of aromatic nitrogens is 3. The van der Waals surface area contributed by atoms with Gasteiger partial charge in [0.2, 0.25) is 0 Å². The van der Waals surface area contributed by atoms with Gasteiger partial charge in [0, 0.05) is 12.0 Å². The second-order valence-electron chi connectivity index (χ2n) is 3.91. The Labute approximate surface area is 99.2 Å². The van der Waals surface area contributed by atoms with E-state index in [1.165, 1.54) is 6.07 Å². The summed E-state index contributed by atoms with van der Waals surface area (Å²) in [6, 6.07) is 6.68. The first kappa shape index (κ1) is 11.7. The van der Waals surface area contributed by atoms with Crippen molar-refractivity contribution in [2.75, 3.05) is 6.54 Å². The van der Waals surface area contributed by atoms with Gasteiger partial charge in [0.05, 0.1) is 17.9 Å². The third kappa shape index (κ3) is 2.50. The number of halogens is 1. The minimum atomic E-state index is -0.220. The second kappa shape index (κ2) is 5.05. The van der Waals surface area contributed by atoms with Crippen LogP contribution in [0.5, 0.6) is 0 Å². The summed E-state index contributed by atoms with van der Waals surface area (Å²) in [5.74, 6) is -0.220. The zero-order valence-corrected chi connectivity index (χ0v) is 9.73. The number of benzene rings is 1. The van der Waals surface area contributed by atoms with Crippen LogP contribution in [0.2, 0.25) is 0 Å². The van der Waals surface area contributed by atoms with Crippen molar-refractivity contribution in [3.63, 3.8) is 0 Å². The van der Waals surface area contributed by atoms with Gasteiger partial charge in [-0.3, -0.25) is 0 Å². The van der Waals surface area contributed by atoms with Gasteiger partial charge in [-0.25, -0.2) is 9.07 Å². The van der Waals surface area contributed by atoms with Gasteiger partial charge in [-0.05, 0) is 19.5 Å². The van der Waals surface area contributed by atoms with E-state index in [9.17, 15) is 4.39 Å². The fourth-order valence-corrected chi connectivity index (χ4v) is 1.70. The van der Waals surface area contributed by atoms with Crippen molar-refractivity contribution in [1.29, 1.82) is 0 Å². The van der Waals surface area contributed by atoms with Crippen LogP contribution in [0.15, 0.2) is 24.3 Å². The summed E-state index contributed by atoms with van der Waals surface area (Å²) in [5.41, 5.74) is 7.91. The topological polar surface area (TPSA) is 56.7 Å². The van der Waals surface area contributed by atoms with E-state index >= 15 is 0 Å². The van der Waals surface area contributed by atoms with Crippen LogP contribution in [0.4, 0.5) is 4.39 Å². The molecule has 0 saturated heterocycles. The molecule has 0 aliphatic heterocycles. The third-order valence-corrected chi connectivity index (χ3v) is 2.74. The van der Waals surface area contributed by atoms with E-state index in [0.29, 0.717) is 25.1 Å². The molecular weight excluding hydrogens is 219 g/mol. The van der Waals surface area contributed by atoms with Gasteiger partial charge >= 0.3 is 0 Å². The highest BCUT2D eigenvalue weighted by molar-refractivity contribution is 5.19. The molecule has 1 aromatic carbocycles. The van der Waals surface area contributed by atoms with E-state index in [-0.39, 0.29) is 5.82 Å². The third-order valence-electron chi connectivity index (χ3n) is 2.74. The fourth-order valence-electron chi connectivity index (χ4n) is 1.70. The molecule has 4 nitrogen and oxygen atoms in total. The molecule has 0 spiro atoms. The first-order chi connectivity index (χ1) is 8.22. The Hall–Kier alpha value is -1.75. The summed E-state index contributed by atoms with van der Waals surface area (Å²) < 4.78 is 15.2. The van der Waals surface area contributed by atoms with Crippen LogP contribution in [0, 0.1) is 12.7 Å². The van der Waals surface area contributed by atoms with Crippen molar-refractivity contribution in [3.05, 3.63) is 47.0 Å². The molecule has 90 valence electrons. The molecule has 0 saturated carbocycles. The van der Waals surface area contributed by atoms with Gasteiger partial charge in [0.25, 0.3) is 0 Å². The predicted molar refractivity (Wildman–Crippen MR) is 63.0 cm³/mol. The number of hydrogen-bond acceptors (Lipinski definition) is 3. The zero-order valence-electron chi connectivity index (χ0n) is 9.73. The van der Waals surface area contributed by atoms with Gasteiger partial charge in [-0.1, -0.05) is 23.4 Å². The van der Waals surface area contributed by atoms with E-state index < -0.39 is 0 Å². The molecule has 5 heteroatoms. The molecule has 0 bridgehead atoms. The quantitative estimate of drug-likeness (QED) is 0.866. The first-order valence-electron chi connectivity index (χ1n) is 5.55. The lowest BCUT2D eigenvalue weighted by Gasteiger charge is -2.05. The molecule has 1 aromatic heterocycles. The lowest BCUT2D eigenvalue weighted by atomic mass is 10.2. The average molecular weight is 234 g/mol. The molecule has 0 aliphatic carbocycles. The molecule has 2 aromatic rings. The van der Waals surface area contributed by atoms with Gasteiger partial charge < -0.3 is 5.73 Å². The largest absolute Gasteiger partial charge is 0.330 e. The van der Waals surface area contributed by atoms with Crippen LogP contribution < -0.4 is 5.73 Å². The normalized spacial score (nSPS) is 10.8. The average Bonchev–Trinajstić information content (AvgIpc) is 2.65. The number of nitrogens with zero attached hydrogens (tertiary/aromatic N) is 3. The second-order valence-corrected chi connectivity index (χ2v) is 3.91. The Morgan fingerprint density at radius 3 is 2.82 bits per heavy atom. The van der Waals surface area contributed by atoms with Crippen LogP contribution in [0.25, 0.3) is 0 Å². The van der Waals surface area contributed by atoms with E-state index in [1.54, 1.807) is 16.8 Å². The summed E-state index contributed by atoms with van der Waals surface area (Å²) in [5, 5.41) is 8.06. The van der Waals surface area contributed by atoms with Gasteiger partial charge in [-0.2, -0.15) is 0 Å². The summed E-state index contributed by atoms with van der Waals surface area (Å²) in [6.07, 6.45) is 0.698. The molecule has 0 unspecified atom stereocenters. The van der Waals surface area contributed by atoms with Crippen molar-refractivity contribution < 1.29 is 4.39 Å². The molecule has 0 atom stereocenters. The summed E-state index contributed by atoms with van der Waals surface area (Å²) in [6.45, 7) is 2.86. The molecular formula is C12H15FN4. The molecule has 0 fully saturated rings. The molecule has 17 heavy (non-hydrogen) atoms. The molecule has 0 radical (unpaired) electrons. The molecule has 1 heterocycles. The monoisotopic (exact) mass is 234 g/mol. The van der Waals surface area contributed by atoms with Gasteiger partial charge in [0.15, 0.2) is 0 Å². The SMILES string of the molecule is Cc1c(CCN)nnn1Cc1ccccc1F. The fraction of sp³-hybridized carbons (Fsp3) is 0.333. The van der Waals surface area contributed by atoms with Crippen LogP contribution >= 0.6 is 0 Å². The first-order valence-corrected chi connectivity index (χ1v) is 5.55. The van der Waals surface area contributed by atoms with Crippen molar-refractivity contribution in [1.82, 2.24) is 15.0 Å². The maximum atomic E-state index is 13.5. The molecule has 0 amide bonds. The van der Waals surface area contributed by atoms with Gasteiger partial charge in [0.1, 0.15) is 5.82 Å². The zero-order chi connectivity index (χ0) is 12.3. The van der Waals surface area contributed by atoms with Crippen molar-refractivity contribution in [2.45, 2.75) is 19.9 Å². The Bertz CT molecular complexity index is 507. The van der Waals surface area contributed by atoms with Crippen molar-refractivity contribution in [2.24, 2.45) is 5.73 Å². The highest BCUT2D eigenvalue weighted by Crippen LogP contribution is 2.11. The van der Waals surface area contributed by atoms with E-state index in [2.05, 4.69) is 10.3 Å². The Balaban J connectivity index is 2.22. The Kier molecular flexibility index (Phi) is 3.49. The highest BCUT2D eigenvalue weighted by atomic mass is 19.1. The Morgan fingerprint density at radius 2 is 2.12 bits per heavy atom. The molecule has 2 rings (SSSR count). The van der Waals surface area contributed by atoms with Crippen LogP contribution in [-0.4, -0.2) is 21.5 Å². The predicted octanol–water partition coefficient (Wildman–Crippen LogP) is 1.28. The van der Waals surface area contributed by atoms with Crippen molar-refractivity contribution in [3.8, 4) is 0 Å². The van der Waals surface area contributed by atoms with E-state index in [0.717, 1.165) is 11.4 Å². The summed E-state index contributed by atoms with van der Waals surface area (Å²) in [4.78, 5) is 0. The standard InChI is InChI=1S/C12H15FN4/c1-9-12(6-7-14)15-16-17(9)8-10-4-2-3-5-11(10)13/h2-5H,6-8,14H2,1H3. The van der Waals surface area contributed by atoms with Crippen LogP contribution in [0.3, 0.4) is 0 Å². The van der Waals surface area contributed by atoms with E-state index in [1.807, 2.05) is 13.0 Å². The maximum absolute atomic E-state index is 13.5. The van der Waals surface area contributed by atoms with E-state index in [4.69, 9.17) is 5.73 Å². The Morgan fingerprint density at radius 1 is 1.35 bits per heavy atom. The van der Waals surface area contributed by atoms with Crippen LogP contribution in [0.1, 0.15) is 17.0 Å². The lowest BCUT2D eigenvalue weighted by Crippen LogP contribution is -2.07. The highest BCUT2D eigenvalue weighted by Gasteiger charge is 2.09. The van der Waals surface area contributed by atoms with Crippen LogP contribution in [-0.2, 0) is 13.0 Å². The number of rotatable bonds is 4. The minimum absolute atomic E-state index is 0.220. The maximum Gasteiger partial charge on any atom is 0.128 e. The van der Waals surface area contributed by atoms with Crippen molar-refractivity contribution >= 4 is 0 Å². The smallest absolute Gasteiger partial charge is 0.128 e. The number of hydrogen-bond donors (Lipinski definition) is 1. The lowest BCUT2D eigenvalue weighted by molar-refractivity contribution is 0.571.